The second kappa shape index (κ2) is 8.57. The minimum atomic E-state index is 0.432. The van der Waals surface area contributed by atoms with E-state index in [4.69, 9.17) is 11.6 Å². The SMILES string of the molecule is CCC(NCCCN(C)C(C)C)c1ccc(Cl)cc1. The molecule has 1 atom stereocenters. The van der Waals surface area contributed by atoms with Gasteiger partial charge in [0.05, 0.1) is 0 Å². The Labute approximate surface area is 123 Å². The molecular weight excluding hydrogens is 256 g/mol. The molecule has 1 aromatic carbocycles. The van der Waals surface area contributed by atoms with Gasteiger partial charge in [-0.1, -0.05) is 30.7 Å². The molecule has 2 nitrogen and oxygen atoms in total. The first-order valence-electron chi connectivity index (χ1n) is 7.23. The second-order valence-corrected chi connectivity index (χ2v) is 5.83. The lowest BCUT2D eigenvalue weighted by molar-refractivity contribution is 0.267. The van der Waals surface area contributed by atoms with Crippen molar-refractivity contribution in [1.29, 1.82) is 0 Å². The van der Waals surface area contributed by atoms with Crippen LogP contribution < -0.4 is 5.32 Å². The van der Waals surface area contributed by atoms with Crippen LogP contribution >= 0.6 is 11.6 Å². The van der Waals surface area contributed by atoms with E-state index in [2.05, 4.69) is 50.2 Å². The van der Waals surface area contributed by atoms with E-state index in [9.17, 15) is 0 Å². The van der Waals surface area contributed by atoms with Crippen LogP contribution in [0.3, 0.4) is 0 Å². The Morgan fingerprint density at radius 1 is 1.21 bits per heavy atom. The Hall–Kier alpha value is -0.570. The average molecular weight is 283 g/mol. The molecule has 1 unspecified atom stereocenters. The molecule has 3 heteroatoms. The fourth-order valence-corrected chi connectivity index (χ4v) is 2.18. The summed E-state index contributed by atoms with van der Waals surface area (Å²) in [6.07, 6.45) is 2.28. The number of halogens is 1. The molecule has 0 fully saturated rings. The molecule has 1 rings (SSSR count). The van der Waals surface area contributed by atoms with Gasteiger partial charge in [-0.05, 0) is 64.5 Å². The molecule has 0 aliphatic rings. The first-order valence-corrected chi connectivity index (χ1v) is 7.61. The summed E-state index contributed by atoms with van der Waals surface area (Å²) in [7, 11) is 2.18. The van der Waals surface area contributed by atoms with E-state index in [-0.39, 0.29) is 0 Å². The molecule has 0 amide bonds. The highest BCUT2D eigenvalue weighted by atomic mass is 35.5. The van der Waals surface area contributed by atoms with Crippen molar-refractivity contribution in [1.82, 2.24) is 10.2 Å². The zero-order valence-electron chi connectivity index (χ0n) is 12.6. The van der Waals surface area contributed by atoms with E-state index in [0.717, 1.165) is 24.5 Å². The lowest BCUT2D eigenvalue weighted by atomic mass is 10.0. The van der Waals surface area contributed by atoms with E-state index >= 15 is 0 Å². The molecule has 1 N–H and O–H groups in total. The van der Waals surface area contributed by atoms with Crippen molar-refractivity contribution in [2.75, 3.05) is 20.1 Å². The molecule has 1 aromatic rings. The zero-order valence-corrected chi connectivity index (χ0v) is 13.4. The summed E-state index contributed by atoms with van der Waals surface area (Å²) in [5.74, 6) is 0. The predicted octanol–water partition coefficient (Wildman–Crippen LogP) is 4.11. The van der Waals surface area contributed by atoms with Crippen molar-refractivity contribution in [3.05, 3.63) is 34.9 Å². The third-order valence-electron chi connectivity index (χ3n) is 3.64. The number of rotatable bonds is 8. The topological polar surface area (TPSA) is 15.3 Å². The molecule has 0 aromatic heterocycles. The molecule has 0 saturated heterocycles. The molecule has 108 valence electrons. The van der Waals surface area contributed by atoms with Gasteiger partial charge in [0.15, 0.2) is 0 Å². The lowest BCUT2D eigenvalue weighted by Crippen LogP contribution is -2.30. The molecule has 19 heavy (non-hydrogen) atoms. The van der Waals surface area contributed by atoms with Crippen LogP contribution in [0.4, 0.5) is 0 Å². The maximum atomic E-state index is 5.92. The van der Waals surface area contributed by atoms with E-state index in [1.165, 1.54) is 12.0 Å². The number of nitrogens with zero attached hydrogens (tertiary/aromatic N) is 1. The largest absolute Gasteiger partial charge is 0.310 e. The zero-order chi connectivity index (χ0) is 14.3. The van der Waals surface area contributed by atoms with Crippen molar-refractivity contribution in [3.8, 4) is 0 Å². The van der Waals surface area contributed by atoms with Crippen LogP contribution in [-0.2, 0) is 0 Å². The molecule has 0 aliphatic carbocycles. The predicted molar refractivity (Wildman–Crippen MR) is 84.9 cm³/mol. The minimum Gasteiger partial charge on any atom is -0.310 e. The van der Waals surface area contributed by atoms with Gasteiger partial charge < -0.3 is 10.2 Å². The van der Waals surface area contributed by atoms with Gasteiger partial charge in [-0.3, -0.25) is 0 Å². The Balaban J connectivity index is 2.35. The van der Waals surface area contributed by atoms with Gasteiger partial charge in [-0.15, -0.1) is 0 Å². The van der Waals surface area contributed by atoms with Crippen molar-refractivity contribution in [2.45, 2.75) is 45.7 Å². The fraction of sp³-hybridized carbons (Fsp3) is 0.625. The van der Waals surface area contributed by atoms with Crippen molar-refractivity contribution < 1.29 is 0 Å². The highest BCUT2D eigenvalue weighted by molar-refractivity contribution is 6.30. The van der Waals surface area contributed by atoms with E-state index in [1.54, 1.807) is 0 Å². The Morgan fingerprint density at radius 3 is 2.37 bits per heavy atom. The summed E-state index contributed by atoms with van der Waals surface area (Å²) in [4.78, 5) is 2.38. The van der Waals surface area contributed by atoms with Gasteiger partial charge in [0.1, 0.15) is 0 Å². The lowest BCUT2D eigenvalue weighted by Gasteiger charge is -2.22. The standard InChI is InChI=1S/C16H27ClN2/c1-5-16(14-7-9-15(17)10-8-14)18-11-6-12-19(4)13(2)3/h7-10,13,16,18H,5-6,11-12H2,1-4H3. The monoisotopic (exact) mass is 282 g/mol. The van der Waals surface area contributed by atoms with Crippen LogP contribution in [0.5, 0.6) is 0 Å². The van der Waals surface area contributed by atoms with Crippen LogP contribution in [0.1, 0.15) is 45.2 Å². The van der Waals surface area contributed by atoms with Gasteiger partial charge in [0.25, 0.3) is 0 Å². The highest BCUT2D eigenvalue weighted by Crippen LogP contribution is 2.18. The van der Waals surface area contributed by atoms with Crippen molar-refractivity contribution in [2.24, 2.45) is 0 Å². The summed E-state index contributed by atoms with van der Waals surface area (Å²) in [6, 6.07) is 9.22. The Morgan fingerprint density at radius 2 is 1.84 bits per heavy atom. The van der Waals surface area contributed by atoms with Gasteiger partial charge in [-0.2, -0.15) is 0 Å². The van der Waals surface area contributed by atoms with Gasteiger partial charge in [0, 0.05) is 17.1 Å². The second-order valence-electron chi connectivity index (χ2n) is 5.39. The number of hydrogen-bond donors (Lipinski definition) is 1. The maximum absolute atomic E-state index is 5.92. The summed E-state index contributed by atoms with van der Waals surface area (Å²) in [5, 5.41) is 4.43. The highest BCUT2D eigenvalue weighted by Gasteiger charge is 2.08. The molecule has 0 aliphatic heterocycles. The minimum absolute atomic E-state index is 0.432. The van der Waals surface area contributed by atoms with Crippen molar-refractivity contribution >= 4 is 11.6 Å². The first-order chi connectivity index (χ1) is 9.04. The number of nitrogens with one attached hydrogen (secondary N) is 1. The Kier molecular flexibility index (Phi) is 7.44. The molecule has 0 saturated carbocycles. The van der Waals surface area contributed by atoms with E-state index in [1.807, 2.05) is 12.1 Å². The van der Waals surface area contributed by atoms with Gasteiger partial charge >= 0.3 is 0 Å². The number of benzene rings is 1. The quantitative estimate of drug-likeness (QED) is 0.722. The van der Waals surface area contributed by atoms with Crippen LogP contribution in [0.15, 0.2) is 24.3 Å². The summed E-state index contributed by atoms with van der Waals surface area (Å²) >= 11 is 5.92. The number of hydrogen-bond acceptors (Lipinski definition) is 2. The molecule has 0 heterocycles. The average Bonchev–Trinajstić information content (AvgIpc) is 2.40. The third-order valence-corrected chi connectivity index (χ3v) is 3.89. The normalized spacial score (nSPS) is 13.2. The summed E-state index contributed by atoms with van der Waals surface area (Å²) < 4.78 is 0. The third kappa shape index (κ3) is 5.94. The van der Waals surface area contributed by atoms with Crippen LogP contribution in [-0.4, -0.2) is 31.1 Å². The van der Waals surface area contributed by atoms with E-state index in [0.29, 0.717) is 12.1 Å². The van der Waals surface area contributed by atoms with Crippen LogP contribution in [0, 0.1) is 0 Å². The molecule has 0 spiro atoms. The first kappa shape index (κ1) is 16.5. The molecule has 0 bridgehead atoms. The van der Waals surface area contributed by atoms with Gasteiger partial charge in [-0.25, -0.2) is 0 Å². The molecule has 0 radical (unpaired) electrons. The van der Waals surface area contributed by atoms with E-state index < -0.39 is 0 Å². The fourth-order valence-electron chi connectivity index (χ4n) is 2.06. The molecular formula is C16H27ClN2. The summed E-state index contributed by atoms with van der Waals surface area (Å²) in [6.45, 7) is 8.87. The smallest absolute Gasteiger partial charge is 0.0406 e. The van der Waals surface area contributed by atoms with Crippen molar-refractivity contribution in [3.63, 3.8) is 0 Å². The summed E-state index contributed by atoms with van der Waals surface area (Å²) in [5.41, 5.74) is 1.32. The maximum Gasteiger partial charge on any atom is 0.0406 e. The van der Waals surface area contributed by atoms with Gasteiger partial charge in [0.2, 0.25) is 0 Å². The van der Waals surface area contributed by atoms with Crippen LogP contribution in [0.25, 0.3) is 0 Å². The van der Waals surface area contributed by atoms with Crippen LogP contribution in [0.2, 0.25) is 5.02 Å². The Bertz CT molecular complexity index is 348.